The molecule has 0 unspecified atom stereocenters. The van der Waals surface area contributed by atoms with Gasteiger partial charge in [-0.3, -0.25) is 9.59 Å². The summed E-state index contributed by atoms with van der Waals surface area (Å²) in [6.07, 6.45) is 2.74. The molecule has 0 aromatic heterocycles. The summed E-state index contributed by atoms with van der Waals surface area (Å²) < 4.78 is 0. The van der Waals surface area contributed by atoms with Crippen molar-refractivity contribution in [2.45, 2.75) is 53.4 Å². The molecule has 0 aliphatic carbocycles. The van der Waals surface area contributed by atoms with Crippen molar-refractivity contribution in [3.8, 4) is 0 Å². The van der Waals surface area contributed by atoms with Crippen molar-refractivity contribution < 1.29 is 9.59 Å². The zero-order valence-corrected chi connectivity index (χ0v) is 12.0. The predicted molar refractivity (Wildman–Crippen MR) is 70.8 cm³/mol. The number of ketones is 1. The van der Waals surface area contributed by atoms with Crippen molar-refractivity contribution >= 4 is 11.7 Å². The Morgan fingerprint density at radius 1 is 1.06 bits per heavy atom. The van der Waals surface area contributed by atoms with Gasteiger partial charge in [-0.05, 0) is 18.8 Å². The molecule has 0 saturated carbocycles. The number of Topliss-reactive ketones (excluding diaryl/α,β-unsaturated/α-hetero) is 1. The lowest BCUT2D eigenvalue weighted by Gasteiger charge is -2.18. The molecule has 100 valence electrons. The van der Waals surface area contributed by atoms with Crippen molar-refractivity contribution in [2.24, 2.45) is 11.8 Å². The van der Waals surface area contributed by atoms with Crippen LogP contribution in [0.25, 0.3) is 0 Å². The predicted octanol–water partition coefficient (Wildman–Crippen LogP) is 2.89. The Bertz CT molecular complexity index is 247. The highest BCUT2D eigenvalue weighted by Gasteiger charge is 2.11. The van der Waals surface area contributed by atoms with Crippen LogP contribution in [0.15, 0.2) is 0 Å². The maximum absolute atomic E-state index is 11.7. The Hall–Kier alpha value is -0.860. The first kappa shape index (κ1) is 16.1. The summed E-state index contributed by atoms with van der Waals surface area (Å²) in [6, 6.07) is 0. The standard InChI is InChI=1S/C14H27NO2/c1-11(2)9-10-15(5)14(17)8-6-7-13(16)12(3)4/h11-12H,6-10H2,1-5H3. The van der Waals surface area contributed by atoms with Crippen molar-refractivity contribution in [3.05, 3.63) is 0 Å². The third-order valence-electron chi connectivity index (χ3n) is 2.93. The van der Waals surface area contributed by atoms with Gasteiger partial charge in [0, 0.05) is 32.4 Å². The monoisotopic (exact) mass is 241 g/mol. The van der Waals surface area contributed by atoms with Crippen molar-refractivity contribution in [2.75, 3.05) is 13.6 Å². The molecule has 3 nitrogen and oxygen atoms in total. The van der Waals surface area contributed by atoms with Crippen LogP contribution in [0, 0.1) is 11.8 Å². The van der Waals surface area contributed by atoms with E-state index >= 15 is 0 Å². The van der Waals surface area contributed by atoms with E-state index in [1.165, 1.54) is 0 Å². The Morgan fingerprint density at radius 3 is 2.12 bits per heavy atom. The van der Waals surface area contributed by atoms with Gasteiger partial charge in [0.1, 0.15) is 5.78 Å². The largest absolute Gasteiger partial charge is 0.346 e. The second kappa shape index (κ2) is 8.26. The van der Waals surface area contributed by atoms with E-state index in [0.29, 0.717) is 25.2 Å². The van der Waals surface area contributed by atoms with Gasteiger partial charge in [0.2, 0.25) is 5.91 Å². The molecule has 0 aromatic rings. The second-order valence-corrected chi connectivity index (χ2v) is 5.47. The number of rotatable bonds is 8. The van der Waals surface area contributed by atoms with Gasteiger partial charge >= 0.3 is 0 Å². The van der Waals surface area contributed by atoms with Crippen molar-refractivity contribution in [1.82, 2.24) is 4.90 Å². The van der Waals surface area contributed by atoms with Crippen LogP contribution >= 0.6 is 0 Å². The average molecular weight is 241 g/mol. The zero-order chi connectivity index (χ0) is 13.4. The Kier molecular flexibility index (Phi) is 7.85. The highest BCUT2D eigenvalue weighted by Crippen LogP contribution is 2.07. The summed E-state index contributed by atoms with van der Waals surface area (Å²) in [7, 11) is 1.84. The van der Waals surface area contributed by atoms with Gasteiger partial charge in [-0.25, -0.2) is 0 Å². The van der Waals surface area contributed by atoms with Gasteiger partial charge in [-0.1, -0.05) is 27.7 Å². The molecule has 0 N–H and O–H groups in total. The maximum Gasteiger partial charge on any atom is 0.222 e. The van der Waals surface area contributed by atoms with Crippen LogP contribution in [0.2, 0.25) is 0 Å². The Morgan fingerprint density at radius 2 is 1.65 bits per heavy atom. The summed E-state index contributed by atoms with van der Waals surface area (Å²) >= 11 is 0. The number of hydrogen-bond acceptors (Lipinski definition) is 2. The van der Waals surface area contributed by atoms with Gasteiger partial charge in [-0.15, -0.1) is 0 Å². The van der Waals surface area contributed by atoms with E-state index in [0.717, 1.165) is 13.0 Å². The summed E-state index contributed by atoms with van der Waals surface area (Å²) in [5.41, 5.74) is 0. The van der Waals surface area contributed by atoms with E-state index in [-0.39, 0.29) is 17.6 Å². The molecule has 0 aliphatic heterocycles. The van der Waals surface area contributed by atoms with Crippen LogP contribution in [-0.2, 0) is 9.59 Å². The van der Waals surface area contributed by atoms with Gasteiger partial charge in [0.25, 0.3) is 0 Å². The summed E-state index contributed by atoms with van der Waals surface area (Å²) in [5.74, 6) is 1.11. The molecule has 0 atom stereocenters. The molecule has 0 aliphatic rings. The molecule has 3 heteroatoms. The van der Waals surface area contributed by atoms with Crippen LogP contribution in [0.5, 0.6) is 0 Å². The van der Waals surface area contributed by atoms with E-state index in [1.54, 1.807) is 4.90 Å². The SMILES string of the molecule is CC(C)CCN(C)C(=O)CCCC(=O)C(C)C. The Balaban J connectivity index is 3.75. The first-order valence-electron chi connectivity index (χ1n) is 6.61. The lowest BCUT2D eigenvalue weighted by Crippen LogP contribution is -2.28. The molecule has 17 heavy (non-hydrogen) atoms. The highest BCUT2D eigenvalue weighted by atomic mass is 16.2. The number of nitrogens with zero attached hydrogens (tertiary/aromatic N) is 1. The van der Waals surface area contributed by atoms with Crippen molar-refractivity contribution in [1.29, 1.82) is 0 Å². The van der Waals surface area contributed by atoms with E-state index in [9.17, 15) is 9.59 Å². The number of carbonyl (C=O) groups excluding carboxylic acids is 2. The normalized spacial score (nSPS) is 11.0. The molecule has 0 bridgehead atoms. The molecule has 1 amide bonds. The van der Waals surface area contributed by atoms with Gasteiger partial charge in [-0.2, -0.15) is 0 Å². The Labute approximate surface area is 106 Å². The van der Waals surface area contributed by atoms with E-state index < -0.39 is 0 Å². The minimum atomic E-state index is 0.0868. The van der Waals surface area contributed by atoms with Crippen LogP contribution < -0.4 is 0 Å². The maximum atomic E-state index is 11.7. The van der Waals surface area contributed by atoms with Gasteiger partial charge in [0.15, 0.2) is 0 Å². The van der Waals surface area contributed by atoms with Crippen molar-refractivity contribution in [3.63, 3.8) is 0 Å². The molecule has 0 radical (unpaired) electrons. The topological polar surface area (TPSA) is 37.4 Å². The number of hydrogen-bond donors (Lipinski definition) is 0. The number of amides is 1. The first-order valence-corrected chi connectivity index (χ1v) is 6.61. The third-order valence-corrected chi connectivity index (χ3v) is 2.93. The summed E-state index contributed by atoms with van der Waals surface area (Å²) in [6.45, 7) is 8.92. The smallest absolute Gasteiger partial charge is 0.222 e. The molecular weight excluding hydrogens is 214 g/mol. The molecule has 0 heterocycles. The summed E-state index contributed by atoms with van der Waals surface area (Å²) in [5, 5.41) is 0. The minimum Gasteiger partial charge on any atom is -0.346 e. The zero-order valence-electron chi connectivity index (χ0n) is 12.0. The molecule has 0 fully saturated rings. The fourth-order valence-corrected chi connectivity index (χ4v) is 1.47. The fraction of sp³-hybridized carbons (Fsp3) is 0.857. The second-order valence-electron chi connectivity index (χ2n) is 5.47. The third kappa shape index (κ3) is 7.94. The minimum absolute atomic E-state index is 0.0868. The van der Waals surface area contributed by atoms with Crippen LogP contribution in [-0.4, -0.2) is 30.2 Å². The van der Waals surface area contributed by atoms with Crippen LogP contribution in [0.3, 0.4) is 0 Å². The van der Waals surface area contributed by atoms with E-state index in [4.69, 9.17) is 0 Å². The lowest BCUT2D eigenvalue weighted by atomic mass is 10.0. The lowest BCUT2D eigenvalue weighted by molar-refractivity contribution is -0.130. The average Bonchev–Trinajstić information content (AvgIpc) is 2.25. The molecule has 0 rings (SSSR count). The molecule has 0 saturated heterocycles. The summed E-state index contributed by atoms with van der Waals surface area (Å²) in [4.78, 5) is 24.9. The molecule has 0 aromatic carbocycles. The van der Waals surface area contributed by atoms with Crippen LogP contribution in [0.4, 0.5) is 0 Å². The molecular formula is C14H27NO2. The first-order chi connectivity index (χ1) is 7.84. The van der Waals surface area contributed by atoms with E-state index in [1.807, 2.05) is 20.9 Å². The molecule has 0 spiro atoms. The van der Waals surface area contributed by atoms with Gasteiger partial charge in [0.05, 0.1) is 0 Å². The number of carbonyl (C=O) groups is 2. The fourth-order valence-electron chi connectivity index (χ4n) is 1.47. The highest BCUT2D eigenvalue weighted by molar-refractivity contribution is 5.81. The van der Waals surface area contributed by atoms with Gasteiger partial charge < -0.3 is 4.90 Å². The van der Waals surface area contributed by atoms with E-state index in [2.05, 4.69) is 13.8 Å². The quantitative estimate of drug-likeness (QED) is 0.655. The van der Waals surface area contributed by atoms with Crippen LogP contribution in [0.1, 0.15) is 53.4 Å².